The minimum absolute atomic E-state index is 0.621. The Bertz CT molecular complexity index is 519. The van der Waals surface area contributed by atoms with Gasteiger partial charge in [0.1, 0.15) is 0 Å². The summed E-state index contributed by atoms with van der Waals surface area (Å²) in [5, 5.41) is 0. The van der Waals surface area contributed by atoms with Gasteiger partial charge in [-0.25, -0.2) is 8.42 Å². The summed E-state index contributed by atoms with van der Waals surface area (Å²) in [7, 11) is -9.89. The van der Waals surface area contributed by atoms with Crippen molar-refractivity contribution in [1.82, 2.24) is 0 Å². The summed E-state index contributed by atoms with van der Waals surface area (Å²) in [6.07, 6.45) is 0. The van der Waals surface area contributed by atoms with Crippen molar-refractivity contribution in [3.05, 3.63) is 24.3 Å². The maximum atomic E-state index is 10.4. The van der Waals surface area contributed by atoms with E-state index < -0.39 is 32.3 Å². The Morgan fingerprint density at radius 3 is 1.81 bits per heavy atom. The summed E-state index contributed by atoms with van der Waals surface area (Å²) < 4.78 is 67.8. The van der Waals surface area contributed by atoms with Gasteiger partial charge in [-0.05, 0) is 12.1 Å². The lowest BCUT2D eigenvalue weighted by Gasteiger charge is -2.11. The van der Waals surface area contributed by atoms with Crippen LogP contribution in [-0.4, -0.2) is 25.9 Å². The second kappa shape index (κ2) is 4.25. The lowest BCUT2D eigenvalue weighted by molar-refractivity contribution is 0.354. The Balaban J connectivity index is 3.11. The lowest BCUT2D eigenvalue weighted by Crippen LogP contribution is -2.11. The molecule has 10 heteroatoms. The van der Waals surface area contributed by atoms with Gasteiger partial charge < -0.3 is 12.9 Å². The quantitative estimate of drug-likeness (QED) is 0.582. The van der Waals surface area contributed by atoms with Crippen LogP contribution in [-0.2, 0) is 20.8 Å². The highest BCUT2D eigenvalue weighted by atomic mass is 32.3. The minimum Gasteiger partial charge on any atom is -0.716 e. The van der Waals surface area contributed by atoms with Gasteiger partial charge in [-0.2, -0.15) is 8.42 Å². The summed E-state index contributed by atoms with van der Waals surface area (Å²) in [6.45, 7) is 0. The first-order valence-corrected chi connectivity index (χ1v) is 6.28. The van der Waals surface area contributed by atoms with Crippen LogP contribution in [0.5, 0.6) is 11.5 Å². The molecule has 0 fully saturated rings. The van der Waals surface area contributed by atoms with Gasteiger partial charge in [-0.1, -0.05) is 12.1 Å². The molecule has 0 saturated heterocycles. The fraction of sp³-hybridized carbons (Fsp3) is 0. The van der Waals surface area contributed by atoms with E-state index in [0.29, 0.717) is 0 Å². The Kier molecular flexibility index (Phi) is 3.38. The molecule has 1 aromatic carbocycles. The average molecular weight is 269 g/mol. The first-order valence-electron chi connectivity index (χ1n) is 3.58. The predicted octanol–water partition coefficient (Wildman–Crippen LogP) is -0.293. The Morgan fingerprint density at radius 2 is 1.44 bits per heavy atom. The van der Waals surface area contributed by atoms with Gasteiger partial charge >= 0.3 is 10.4 Å². The van der Waals surface area contributed by atoms with Gasteiger partial charge in [0, 0.05) is 0 Å². The molecule has 0 bridgehead atoms. The molecule has 8 nitrogen and oxygen atoms in total. The van der Waals surface area contributed by atoms with Crippen molar-refractivity contribution in [3.63, 3.8) is 0 Å². The number of benzene rings is 1. The summed E-state index contributed by atoms with van der Waals surface area (Å²) >= 11 is 0. The van der Waals surface area contributed by atoms with Gasteiger partial charge in [0.2, 0.25) is 0 Å². The molecule has 0 heterocycles. The van der Waals surface area contributed by atoms with Crippen LogP contribution in [0.1, 0.15) is 0 Å². The van der Waals surface area contributed by atoms with Crippen LogP contribution in [0.3, 0.4) is 0 Å². The zero-order chi connectivity index (χ0) is 12.4. The van der Waals surface area contributed by atoms with Gasteiger partial charge in [0.15, 0.2) is 11.5 Å². The van der Waals surface area contributed by atoms with E-state index >= 15 is 0 Å². The van der Waals surface area contributed by atoms with E-state index in [9.17, 15) is 21.4 Å². The number of hydrogen-bond acceptors (Lipinski definition) is 7. The molecule has 1 N–H and O–H groups in total. The van der Waals surface area contributed by atoms with Crippen molar-refractivity contribution in [1.29, 1.82) is 0 Å². The SMILES string of the molecule is O=S(=O)([O-])Oc1ccccc1OS(=O)(=O)O. The summed E-state index contributed by atoms with van der Waals surface area (Å²) in [6, 6.07) is 4.53. The molecule has 0 aromatic heterocycles. The van der Waals surface area contributed by atoms with Crippen LogP contribution in [0.15, 0.2) is 24.3 Å². The van der Waals surface area contributed by atoms with E-state index in [-0.39, 0.29) is 0 Å². The van der Waals surface area contributed by atoms with Gasteiger partial charge in [0.25, 0.3) is 10.4 Å². The van der Waals surface area contributed by atoms with Crippen molar-refractivity contribution in [2.75, 3.05) is 0 Å². The summed E-state index contributed by atoms with van der Waals surface area (Å²) in [5.41, 5.74) is 0. The molecule has 0 atom stereocenters. The molecule has 0 spiro atoms. The van der Waals surface area contributed by atoms with Gasteiger partial charge in [-0.3, -0.25) is 4.55 Å². The molecule has 1 rings (SSSR count). The third kappa shape index (κ3) is 4.44. The fourth-order valence-electron chi connectivity index (χ4n) is 0.811. The van der Waals surface area contributed by atoms with E-state index in [2.05, 4.69) is 8.37 Å². The second-order valence-electron chi connectivity index (χ2n) is 2.45. The predicted molar refractivity (Wildman–Crippen MR) is 48.9 cm³/mol. The van der Waals surface area contributed by atoms with Crippen molar-refractivity contribution in [2.24, 2.45) is 0 Å². The number of rotatable bonds is 4. The maximum Gasteiger partial charge on any atom is 0.446 e. The first-order chi connectivity index (χ1) is 7.17. The fourth-order valence-corrected chi connectivity index (χ4v) is 1.53. The number of para-hydroxylation sites is 2. The van der Waals surface area contributed by atoms with Crippen LogP contribution in [0.25, 0.3) is 0 Å². The second-order valence-corrected chi connectivity index (χ2v) is 4.45. The molecule has 0 saturated carbocycles. The molecule has 0 aliphatic carbocycles. The zero-order valence-electron chi connectivity index (χ0n) is 7.43. The number of hydrogen-bond donors (Lipinski definition) is 1. The van der Waals surface area contributed by atoms with E-state index in [1.807, 2.05) is 0 Å². The third-order valence-corrected chi connectivity index (χ3v) is 2.01. The van der Waals surface area contributed by atoms with E-state index in [0.717, 1.165) is 12.1 Å². The summed E-state index contributed by atoms with van der Waals surface area (Å²) in [5.74, 6) is -1.26. The van der Waals surface area contributed by atoms with Crippen molar-refractivity contribution >= 4 is 20.8 Å². The van der Waals surface area contributed by atoms with Crippen LogP contribution >= 0.6 is 0 Å². The van der Waals surface area contributed by atoms with Gasteiger partial charge in [0.05, 0.1) is 0 Å². The van der Waals surface area contributed by atoms with Crippen LogP contribution < -0.4 is 8.37 Å². The molecule has 0 radical (unpaired) electrons. The van der Waals surface area contributed by atoms with E-state index in [1.54, 1.807) is 0 Å². The van der Waals surface area contributed by atoms with Crippen molar-refractivity contribution < 1.29 is 34.3 Å². The highest BCUT2D eigenvalue weighted by Gasteiger charge is 2.13. The Morgan fingerprint density at radius 1 is 1.00 bits per heavy atom. The Hall–Kier alpha value is -1.36. The molecule has 1 aromatic rings. The summed E-state index contributed by atoms with van der Waals surface area (Å²) in [4.78, 5) is 0. The molecule has 90 valence electrons. The largest absolute Gasteiger partial charge is 0.716 e. The molecule has 16 heavy (non-hydrogen) atoms. The molecule has 0 amide bonds. The van der Waals surface area contributed by atoms with Gasteiger partial charge in [-0.15, -0.1) is 0 Å². The van der Waals surface area contributed by atoms with Crippen LogP contribution in [0, 0.1) is 0 Å². The van der Waals surface area contributed by atoms with Crippen LogP contribution in [0.2, 0.25) is 0 Å². The lowest BCUT2D eigenvalue weighted by atomic mass is 10.3. The Labute approximate surface area is 91.3 Å². The van der Waals surface area contributed by atoms with Crippen LogP contribution in [0.4, 0.5) is 0 Å². The van der Waals surface area contributed by atoms with Crippen molar-refractivity contribution in [2.45, 2.75) is 0 Å². The van der Waals surface area contributed by atoms with E-state index in [4.69, 9.17) is 4.55 Å². The van der Waals surface area contributed by atoms with E-state index in [1.165, 1.54) is 12.1 Å². The van der Waals surface area contributed by atoms with Crippen molar-refractivity contribution in [3.8, 4) is 11.5 Å². The normalized spacial score (nSPS) is 12.1. The highest BCUT2D eigenvalue weighted by molar-refractivity contribution is 7.81. The average Bonchev–Trinajstić information content (AvgIpc) is 2.03. The zero-order valence-corrected chi connectivity index (χ0v) is 9.06. The smallest absolute Gasteiger partial charge is 0.446 e. The maximum absolute atomic E-state index is 10.4. The first kappa shape index (κ1) is 12.7. The minimum atomic E-state index is -5.06. The standard InChI is InChI=1S/C6H6O8S2/c7-15(8,9)13-5-3-1-2-4-6(5)14-16(10,11)12/h1-4H,(H,7,8,9)(H,10,11,12)/p-1. The molecule has 0 aliphatic heterocycles. The highest BCUT2D eigenvalue weighted by Crippen LogP contribution is 2.28. The molecular weight excluding hydrogens is 264 g/mol. The third-order valence-electron chi connectivity index (χ3n) is 1.24. The molecule has 0 unspecified atom stereocenters. The molecular formula is C6H5O8S2-. The topological polar surface area (TPSA) is 130 Å². The monoisotopic (exact) mass is 269 g/mol. The molecule has 0 aliphatic rings.